The molecule has 0 aliphatic rings. The summed E-state index contributed by atoms with van der Waals surface area (Å²) < 4.78 is 0.927. The van der Waals surface area contributed by atoms with Crippen LogP contribution in [0.2, 0.25) is 10.0 Å². The van der Waals surface area contributed by atoms with Crippen LogP contribution in [0.25, 0.3) is 5.70 Å². The number of benzene rings is 2. The van der Waals surface area contributed by atoms with Crippen molar-refractivity contribution in [3.05, 3.63) is 73.7 Å². The second-order valence-corrected chi connectivity index (χ2v) is 8.00. The highest BCUT2D eigenvalue weighted by Gasteiger charge is 2.24. The fourth-order valence-electron chi connectivity index (χ4n) is 2.95. The van der Waals surface area contributed by atoms with Crippen LogP contribution in [0.1, 0.15) is 44.4 Å². The van der Waals surface area contributed by atoms with Gasteiger partial charge in [-0.25, -0.2) is 0 Å². The molecule has 0 spiro atoms. The van der Waals surface area contributed by atoms with Crippen molar-refractivity contribution in [1.82, 2.24) is 10.6 Å². The molecule has 7 heteroatoms. The van der Waals surface area contributed by atoms with Crippen molar-refractivity contribution in [3.63, 3.8) is 0 Å². The van der Waals surface area contributed by atoms with Gasteiger partial charge >= 0.3 is 0 Å². The van der Waals surface area contributed by atoms with Crippen LogP contribution in [-0.4, -0.2) is 11.8 Å². The zero-order valence-corrected chi connectivity index (χ0v) is 18.9. The van der Waals surface area contributed by atoms with Crippen LogP contribution < -0.4 is 10.6 Å². The Labute approximate surface area is 183 Å². The van der Waals surface area contributed by atoms with Crippen LogP contribution in [0.5, 0.6) is 0 Å². The highest BCUT2D eigenvalue weighted by molar-refractivity contribution is 9.10. The number of amides is 2. The molecule has 0 saturated carbocycles. The van der Waals surface area contributed by atoms with Crippen molar-refractivity contribution in [2.75, 3.05) is 0 Å². The van der Waals surface area contributed by atoms with Crippen molar-refractivity contribution >= 4 is 56.6 Å². The first-order chi connectivity index (χ1) is 13.2. The van der Waals surface area contributed by atoms with E-state index in [1.807, 2.05) is 31.2 Å². The lowest BCUT2D eigenvalue weighted by Crippen LogP contribution is -2.30. The van der Waals surface area contributed by atoms with E-state index in [2.05, 4.69) is 26.6 Å². The molecule has 28 heavy (non-hydrogen) atoms. The largest absolute Gasteiger partial charge is 0.346 e. The Morgan fingerprint density at radius 1 is 1.04 bits per heavy atom. The molecule has 0 radical (unpaired) electrons. The maximum atomic E-state index is 12.0. The van der Waals surface area contributed by atoms with Crippen LogP contribution >= 0.6 is 39.1 Å². The third kappa shape index (κ3) is 5.84. The summed E-state index contributed by atoms with van der Waals surface area (Å²) in [5.41, 5.74) is 3.01. The monoisotopic (exact) mass is 482 g/mol. The van der Waals surface area contributed by atoms with Crippen LogP contribution in [0, 0.1) is 0 Å². The quantitative estimate of drug-likeness (QED) is 0.538. The Kier molecular flexibility index (Phi) is 8.10. The van der Waals surface area contributed by atoms with Crippen molar-refractivity contribution in [2.24, 2.45) is 0 Å². The fourth-order valence-corrected chi connectivity index (χ4v) is 3.73. The number of halogens is 3. The number of hydrogen-bond donors (Lipinski definition) is 2. The Bertz CT molecular complexity index is 911. The van der Waals surface area contributed by atoms with Gasteiger partial charge in [-0.3, -0.25) is 9.59 Å². The van der Waals surface area contributed by atoms with Gasteiger partial charge in [-0.15, -0.1) is 0 Å². The van der Waals surface area contributed by atoms with Crippen LogP contribution in [-0.2, 0) is 9.59 Å². The van der Waals surface area contributed by atoms with E-state index in [-0.39, 0.29) is 11.8 Å². The minimum atomic E-state index is -0.516. The maximum Gasteiger partial charge on any atom is 0.221 e. The van der Waals surface area contributed by atoms with Crippen molar-refractivity contribution in [2.45, 2.75) is 33.2 Å². The van der Waals surface area contributed by atoms with Gasteiger partial charge in [-0.1, -0.05) is 64.3 Å². The lowest BCUT2D eigenvalue weighted by atomic mass is 9.92. The topological polar surface area (TPSA) is 58.2 Å². The van der Waals surface area contributed by atoms with E-state index in [0.29, 0.717) is 27.7 Å². The molecule has 0 saturated heterocycles. The highest BCUT2D eigenvalue weighted by Crippen LogP contribution is 2.35. The van der Waals surface area contributed by atoms with E-state index in [9.17, 15) is 9.59 Å². The predicted molar refractivity (Wildman–Crippen MR) is 118 cm³/mol. The van der Waals surface area contributed by atoms with Gasteiger partial charge in [0, 0.05) is 34.1 Å². The molecule has 1 unspecified atom stereocenters. The lowest BCUT2D eigenvalue weighted by Gasteiger charge is -2.26. The van der Waals surface area contributed by atoms with Crippen LogP contribution in [0.3, 0.4) is 0 Å². The summed E-state index contributed by atoms with van der Waals surface area (Å²) in [5, 5.41) is 6.83. The first-order valence-electron chi connectivity index (χ1n) is 8.71. The van der Waals surface area contributed by atoms with Gasteiger partial charge in [0.1, 0.15) is 0 Å². The molecule has 2 amide bonds. The minimum absolute atomic E-state index is 0.201. The van der Waals surface area contributed by atoms with E-state index >= 15 is 0 Å². The molecule has 0 aliphatic heterocycles. The summed E-state index contributed by atoms with van der Waals surface area (Å²) in [5.74, 6) is -0.410. The van der Waals surface area contributed by atoms with Crippen LogP contribution in [0.15, 0.2) is 52.5 Å². The van der Waals surface area contributed by atoms with E-state index in [1.165, 1.54) is 13.8 Å². The SMILES string of the molecule is CC/C(=C(/NC(C)=O)c1ccc(Br)cc1)C(NC(C)=O)c1ccc(Cl)cc1Cl. The molecular weight excluding hydrogens is 463 g/mol. The van der Waals surface area contributed by atoms with Crippen molar-refractivity contribution in [1.29, 1.82) is 0 Å². The molecule has 148 valence electrons. The van der Waals surface area contributed by atoms with E-state index in [1.54, 1.807) is 18.2 Å². The molecule has 0 bridgehead atoms. The zero-order valence-electron chi connectivity index (χ0n) is 15.8. The molecule has 0 fully saturated rings. The number of rotatable bonds is 6. The third-order valence-corrected chi connectivity index (χ3v) is 5.20. The molecule has 2 aromatic rings. The van der Waals surface area contributed by atoms with Gasteiger partial charge in [0.2, 0.25) is 11.8 Å². The molecule has 0 heterocycles. The van der Waals surface area contributed by atoms with Crippen molar-refractivity contribution in [3.8, 4) is 0 Å². The summed E-state index contributed by atoms with van der Waals surface area (Å²) in [4.78, 5) is 23.9. The molecule has 0 aliphatic carbocycles. The third-order valence-electron chi connectivity index (χ3n) is 4.11. The molecule has 0 aromatic heterocycles. The fraction of sp³-hybridized carbons (Fsp3) is 0.238. The minimum Gasteiger partial charge on any atom is -0.346 e. The summed E-state index contributed by atoms with van der Waals surface area (Å²) in [6.45, 7) is 4.87. The normalized spacial score (nSPS) is 12.8. The van der Waals surface area contributed by atoms with Gasteiger partial charge in [0.25, 0.3) is 0 Å². The molecular formula is C21H21BrCl2N2O2. The summed E-state index contributed by atoms with van der Waals surface area (Å²) >= 11 is 15.9. The van der Waals surface area contributed by atoms with Gasteiger partial charge in [0.15, 0.2) is 0 Å². The highest BCUT2D eigenvalue weighted by atomic mass is 79.9. The zero-order chi connectivity index (χ0) is 20.8. The smallest absolute Gasteiger partial charge is 0.221 e. The number of carbonyl (C=O) groups excluding carboxylic acids is 2. The van der Waals surface area contributed by atoms with Crippen molar-refractivity contribution < 1.29 is 9.59 Å². The van der Waals surface area contributed by atoms with Gasteiger partial charge in [-0.05, 0) is 47.4 Å². The number of nitrogens with one attached hydrogen (secondary N) is 2. The first kappa shape index (κ1) is 22.5. The average Bonchev–Trinajstić information content (AvgIpc) is 2.61. The standard InChI is InChI=1S/C21H21BrCl2N2O2/c1-4-17(20(25-12(2)27)14-5-7-15(22)8-6-14)21(26-13(3)28)18-10-9-16(23)11-19(18)24/h5-11,21H,4H2,1-3H3,(H,25,27)(H,26,28)/b20-17-. The first-order valence-corrected chi connectivity index (χ1v) is 10.3. The maximum absolute atomic E-state index is 12.0. The Morgan fingerprint density at radius 3 is 2.18 bits per heavy atom. The van der Waals surface area contributed by atoms with Gasteiger partial charge < -0.3 is 10.6 Å². The Morgan fingerprint density at radius 2 is 1.68 bits per heavy atom. The van der Waals surface area contributed by atoms with E-state index in [4.69, 9.17) is 23.2 Å². The molecule has 4 nitrogen and oxygen atoms in total. The molecule has 1 atom stereocenters. The lowest BCUT2D eigenvalue weighted by molar-refractivity contribution is -0.119. The van der Waals surface area contributed by atoms with Crippen LogP contribution in [0.4, 0.5) is 0 Å². The average molecular weight is 484 g/mol. The Hall–Kier alpha value is -1.82. The van der Waals surface area contributed by atoms with E-state index in [0.717, 1.165) is 15.6 Å². The van der Waals surface area contributed by atoms with Gasteiger partial charge in [-0.2, -0.15) is 0 Å². The molecule has 2 N–H and O–H groups in total. The van der Waals surface area contributed by atoms with Gasteiger partial charge in [0.05, 0.1) is 6.04 Å². The van der Waals surface area contributed by atoms with E-state index < -0.39 is 6.04 Å². The predicted octanol–water partition coefficient (Wildman–Crippen LogP) is 5.89. The second kappa shape index (κ2) is 10.1. The summed E-state index contributed by atoms with van der Waals surface area (Å²) in [6, 6.07) is 12.2. The number of carbonyl (C=O) groups is 2. The molecule has 2 rings (SSSR count). The summed E-state index contributed by atoms with van der Waals surface area (Å²) in [6.07, 6.45) is 0.579. The molecule has 2 aromatic carbocycles. The Balaban J connectivity index is 2.72. The summed E-state index contributed by atoms with van der Waals surface area (Å²) in [7, 11) is 0. The second-order valence-electron chi connectivity index (χ2n) is 6.24. The number of hydrogen-bond acceptors (Lipinski definition) is 2.